The van der Waals surface area contributed by atoms with Crippen molar-refractivity contribution < 1.29 is 14.2 Å². The topological polar surface area (TPSA) is 58.5 Å². The maximum absolute atomic E-state index is 13.0. The van der Waals surface area contributed by atoms with Crippen molar-refractivity contribution in [3.05, 3.63) is 53.5 Å². The number of methoxy groups -OCH3 is 1. The Morgan fingerprint density at radius 2 is 2.04 bits per heavy atom. The van der Waals surface area contributed by atoms with E-state index in [-0.39, 0.29) is 11.9 Å². The molecule has 24 heavy (non-hydrogen) atoms. The van der Waals surface area contributed by atoms with Gasteiger partial charge in [-0.3, -0.25) is 4.90 Å². The molecule has 5 nitrogen and oxygen atoms in total. The first-order valence-corrected chi connectivity index (χ1v) is 8.20. The summed E-state index contributed by atoms with van der Waals surface area (Å²) >= 11 is 0. The molecule has 1 saturated heterocycles. The Bertz CT molecular complexity index is 648. The maximum atomic E-state index is 13.0. The highest BCUT2D eigenvalue weighted by atomic mass is 19.1. The molecule has 1 fully saturated rings. The highest BCUT2D eigenvalue weighted by molar-refractivity contribution is 5.19. The van der Waals surface area contributed by atoms with Gasteiger partial charge in [0, 0.05) is 18.7 Å². The highest BCUT2D eigenvalue weighted by Crippen LogP contribution is 2.28. The van der Waals surface area contributed by atoms with E-state index in [1.54, 1.807) is 25.3 Å². The van der Waals surface area contributed by atoms with E-state index in [1.807, 2.05) is 6.07 Å². The lowest BCUT2D eigenvalue weighted by Gasteiger charge is -2.26. The van der Waals surface area contributed by atoms with Gasteiger partial charge in [0.1, 0.15) is 5.82 Å². The van der Waals surface area contributed by atoms with E-state index in [0.29, 0.717) is 18.8 Å². The van der Waals surface area contributed by atoms with Gasteiger partial charge >= 0.3 is 0 Å². The third kappa shape index (κ3) is 4.07. The van der Waals surface area contributed by atoms with Gasteiger partial charge in [0.05, 0.1) is 18.9 Å². The molecule has 0 unspecified atom stereocenters. The number of hydrogen-bond donors (Lipinski definition) is 1. The minimum Gasteiger partial charge on any atom is -0.480 e. The second kappa shape index (κ2) is 7.68. The van der Waals surface area contributed by atoms with Gasteiger partial charge in [-0.15, -0.1) is 5.10 Å². The number of hydrogen-bond acceptors (Lipinski definition) is 5. The summed E-state index contributed by atoms with van der Waals surface area (Å²) in [5.74, 6) is 0.218. The van der Waals surface area contributed by atoms with Crippen LogP contribution in [0.3, 0.4) is 0 Å². The summed E-state index contributed by atoms with van der Waals surface area (Å²) in [6.45, 7) is 1.69. The molecule has 0 amide bonds. The minimum atomic E-state index is -0.585. The molecule has 0 radical (unpaired) electrons. The Kier molecular flexibility index (Phi) is 5.37. The van der Waals surface area contributed by atoms with Gasteiger partial charge in [-0.05, 0) is 49.6 Å². The molecule has 128 valence electrons. The number of rotatable bonds is 6. The SMILES string of the molecule is COc1ccc(CN2CCC[C@@H]2C[C@H](O)c2ccc(F)cc2)nn1. The average Bonchev–Trinajstić information content (AvgIpc) is 3.03. The number of aliphatic hydroxyl groups excluding tert-OH is 1. The number of benzene rings is 1. The average molecular weight is 331 g/mol. The van der Waals surface area contributed by atoms with E-state index in [4.69, 9.17) is 4.74 Å². The van der Waals surface area contributed by atoms with Crippen LogP contribution in [0.2, 0.25) is 0 Å². The number of likely N-dealkylation sites (tertiary alicyclic amines) is 1. The lowest BCUT2D eigenvalue weighted by Crippen LogP contribution is -2.30. The lowest BCUT2D eigenvalue weighted by atomic mass is 10.0. The van der Waals surface area contributed by atoms with Gasteiger partial charge in [0.25, 0.3) is 0 Å². The summed E-state index contributed by atoms with van der Waals surface area (Å²) in [7, 11) is 1.57. The van der Waals surface area contributed by atoms with Gasteiger partial charge in [-0.2, -0.15) is 5.10 Å². The van der Waals surface area contributed by atoms with Crippen LogP contribution >= 0.6 is 0 Å². The lowest BCUT2D eigenvalue weighted by molar-refractivity contribution is 0.117. The molecule has 1 aromatic carbocycles. The fourth-order valence-corrected chi connectivity index (χ4v) is 3.20. The van der Waals surface area contributed by atoms with E-state index in [1.165, 1.54) is 12.1 Å². The third-order valence-corrected chi connectivity index (χ3v) is 4.52. The maximum Gasteiger partial charge on any atom is 0.233 e. The monoisotopic (exact) mass is 331 g/mol. The second-order valence-corrected chi connectivity index (χ2v) is 6.14. The Morgan fingerprint density at radius 1 is 1.25 bits per heavy atom. The van der Waals surface area contributed by atoms with Crippen LogP contribution < -0.4 is 4.74 Å². The van der Waals surface area contributed by atoms with Crippen LogP contribution in [0.4, 0.5) is 4.39 Å². The predicted octanol–water partition coefficient (Wildman–Crippen LogP) is 2.71. The first-order valence-electron chi connectivity index (χ1n) is 8.20. The molecule has 2 atom stereocenters. The normalized spacial score (nSPS) is 19.4. The molecule has 1 aliphatic heterocycles. The van der Waals surface area contributed by atoms with E-state index >= 15 is 0 Å². The van der Waals surface area contributed by atoms with Crippen molar-refractivity contribution in [3.63, 3.8) is 0 Å². The van der Waals surface area contributed by atoms with Crippen LogP contribution in [0, 0.1) is 5.82 Å². The van der Waals surface area contributed by atoms with E-state index in [9.17, 15) is 9.50 Å². The van der Waals surface area contributed by atoms with Gasteiger partial charge in [-0.1, -0.05) is 12.1 Å². The van der Waals surface area contributed by atoms with E-state index in [0.717, 1.165) is 30.6 Å². The Morgan fingerprint density at radius 3 is 2.71 bits per heavy atom. The van der Waals surface area contributed by atoms with Crippen molar-refractivity contribution in [2.75, 3.05) is 13.7 Å². The van der Waals surface area contributed by atoms with Crippen molar-refractivity contribution in [3.8, 4) is 5.88 Å². The molecule has 1 aromatic heterocycles. The second-order valence-electron chi connectivity index (χ2n) is 6.14. The summed E-state index contributed by atoms with van der Waals surface area (Å²) in [6, 6.07) is 10.1. The number of halogens is 1. The number of ether oxygens (including phenoxy) is 1. The van der Waals surface area contributed by atoms with E-state index < -0.39 is 6.10 Å². The summed E-state index contributed by atoms with van der Waals surface area (Å²) in [5.41, 5.74) is 1.64. The van der Waals surface area contributed by atoms with Gasteiger partial charge < -0.3 is 9.84 Å². The van der Waals surface area contributed by atoms with Crippen molar-refractivity contribution in [1.82, 2.24) is 15.1 Å². The molecule has 0 saturated carbocycles. The summed E-state index contributed by atoms with van der Waals surface area (Å²) in [5, 5.41) is 18.6. The van der Waals surface area contributed by atoms with Crippen LogP contribution in [0.5, 0.6) is 5.88 Å². The molecule has 6 heteroatoms. The number of aromatic nitrogens is 2. The minimum absolute atomic E-state index is 0.286. The highest BCUT2D eigenvalue weighted by Gasteiger charge is 2.27. The number of nitrogens with zero attached hydrogens (tertiary/aromatic N) is 3. The van der Waals surface area contributed by atoms with Crippen molar-refractivity contribution in [2.45, 2.75) is 38.0 Å². The molecule has 0 spiro atoms. The zero-order valence-electron chi connectivity index (χ0n) is 13.7. The van der Waals surface area contributed by atoms with Crippen molar-refractivity contribution in [1.29, 1.82) is 0 Å². The fraction of sp³-hybridized carbons (Fsp3) is 0.444. The van der Waals surface area contributed by atoms with Crippen molar-refractivity contribution in [2.24, 2.45) is 0 Å². The van der Waals surface area contributed by atoms with Crippen molar-refractivity contribution >= 4 is 0 Å². The molecule has 1 aliphatic rings. The Hall–Kier alpha value is -2.05. The standard InChI is InChI=1S/C18H22FN3O2/c1-24-18-9-8-15(20-21-18)12-22-10-2-3-16(22)11-17(23)13-4-6-14(19)7-5-13/h4-9,16-17,23H,2-3,10-12H2,1H3/t16-,17+/m1/s1. The third-order valence-electron chi connectivity index (χ3n) is 4.52. The summed E-state index contributed by atoms with van der Waals surface area (Å²) in [6.07, 6.45) is 2.19. The summed E-state index contributed by atoms with van der Waals surface area (Å²) in [4.78, 5) is 2.32. The van der Waals surface area contributed by atoms with Gasteiger partial charge in [0.2, 0.25) is 5.88 Å². The van der Waals surface area contributed by atoms with E-state index in [2.05, 4.69) is 15.1 Å². The van der Waals surface area contributed by atoms with Crippen LogP contribution in [0.25, 0.3) is 0 Å². The zero-order chi connectivity index (χ0) is 16.9. The molecular formula is C18H22FN3O2. The first-order chi connectivity index (χ1) is 11.7. The van der Waals surface area contributed by atoms with Crippen LogP contribution in [0.15, 0.2) is 36.4 Å². The molecule has 0 aliphatic carbocycles. The Balaban J connectivity index is 1.61. The van der Waals surface area contributed by atoms with Gasteiger partial charge in [-0.25, -0.2) is 4.39 Å². The fourth-order valence-electron chi connectivity index (χ4n) is 3.20. The first kappa shape index (κ1) is 16.8. The molecular weight excluding hydrogens is 309 g/mol. The zero-order valence-corrected chi connectivity index (χ0v) is 13.7. The number of aliphatic hydroxyl groups is 1. The molecule has 2 aromatic rings. The molecule has 3 rings (SSSR count). The van der Waals surface area contributed by atoms with Gasteiger partial charge in [0.15, 0.2) is 0 Å². The molecule has 0 bridgehead atoms. The molecule has 2 heterocycles. The van der Waals surface area contributed by atoms with Crippen LogP contribution in [-0.4, -0.2) is 39.9 Å². The summed E-state index contributed by atoms with van der Waals surface area (Å²) < 4.78 is 18.0. The van der Waals surface area contributed by atoms with Crippen LogP contribution in [0.1, 0.15) is 36.6 Å². The largest absolute Gasteiger partial charge is 0.480 e. The predicted molar refractivity (Wildman–Crippen MR) is 88.0 cm³/mol. The van der Waals surface area contributed by atoms with Crippen LogP contribution in [-0.2, 0) is 6.54 Å². The quantitative estimate of drug-likeness (QED) is 0.882. The Labute approximate surface area is 141 Å². The smallest absolute Gasteiger partial charge is 0.233 e. The molecule has 1 N–H and O–H groups in total.